The Morgan fingerprint density at radius 1 is 1.21 bits per heavy atom. The molecule has 0 aliphatic carbocycles. The monoisotopic (exact) mass is 369 g/mol. The Bertz CT molecular complexity index is 568. The van der Waals surface area contributed by atoms with Gasteiger partial charge in [-0.2, -0.15) is 0 Å². The van der Waals surface area contributed by atoms with Crippen molar-refractivity contribution in [1.82, 2.24) is 5.32 Å². The minimum Gasteiger partial charge on any atom is -0.307 e. The SMILES string of the molecule is CCNC(c1cccc(I)c1)c1ccc(F)cc1C. The Morgan fingerprint density at radius 3 is 2.63 bits per heavy atom. The molecule has 0 aliphatic heterocycles. The zero-order valence-electron chi connectivity index (χ0n) is 11.1. The summed E-state index contributed by atoms with van der Waals surface area (Å²) in [5, 5.41) is 3.48. The molecule has 0 saturated carbocycles. The molecule has 0 heterocycles. The molecule has 1 N–H and O–H groups in total. The first kappa shape index (κ1) is 14.5. The highest BCUT2D eigenvalue weighted by atomic mass is 127. The van der Waals surface area contributed by atoms with Crippen molar-refractivity contribution in [3.05, 3.63) is 68.5 Å². The predicted molar refractivity (Wildman–Crippen MR) is 85.8 cm³/mol. The summed E-state index contributed by atoms with van der Waals surface area (Å²) >= 11 is 2.31. The lowest BCUT2D eigenvalue weighted by atomic mass is 9.95. The molecule has 0 spiro atoms. The smallest absolute Gasteiger partial charge is 0.123 e. The van der Waals surface area contributed by atoms with Crippen molar-refractivity contribution >= 4 is 22.6 Å². The molecule has 2 aromatic rings. The molecule has 0 amide bonds. The van der Waals surface area contributed by atoms with E-state index in [0.29, 0.717) is 0 Å². The second-order valence-corrected chi connectivity index (χ2v) is 5.79. The third kappa shape index (κ3) is 3.54. The Labute approximate surface area is 127 Å². The molecule has 100 valence electrons. The molecular weight excluding hydrogens is 352 g/mol. The first-order valence-corrected chi connectivity index (χ1v) is 7.44. The molecule has 1 nitrogen and oxygen atoms in total. The third-order valence-corrected chi connectivity index (χ3v) is 3.80. The summed E-state index contributed by atoms with van der Waals surface area (Å²) in [6, 6.07) is 13.5. The van der Waals surface area contributed by atoms with Gasteiger partial charge in [-0.1, -0.05) is 25.1 Å². The Hall–Kier alpha value is -0.940. The average molecular weight is 369 g/mol. The van der Waals surface area contributed by atoms with Crippen LogP contribution in [0.3, 0.4) is 0 Å². The number of halogens is 2. The summed E-state index contributed by atoms with van der Waals surface area (Å²) < 4.78 is 14.4. The number of rotatable bonds is 4. The largest absolute Gasteiger partial charge is 0.307 e. The van der Waals surface area contributed by atoms with Gasteiger partial charge < -0.3 is 5.32 Å². The van der Waals surface area contributed by atoms with Crippen LogP contribution in [0.25, 0.3) is 0 Å². The second-order valence-electron chi connectivity index (χ2n) is 4.55. The van der Waals surface area contributed by atoms with Gasteiger partial charge in [-0.25, -0.2) is 4.39 Å². The minimum atomic E-state index is -0.181. The maximum atomic E-state index is 13.2. The fourth-order valence-corrected chi connectivity index (χ4v) is 2.83. The van der Waals surface area contributed by atoms with E-state index in [1.54, 1.807) is 6.07 Å². The zero-order valence-corrected chi connectivity index (χ0v) is 13.2. The van der Waals surface area contributed by atoms with Crippen LogP contribution in [0.4, 0.5) is 4.39 Å². The predicted octanol–water partition coefficient (Wildman–Crippen LogP) is 4.44. The van der Waals surface area contributed by atoms with Crippen molar-refractivity contribution < 1.29 is 4.39 Å². The van der Waals surface area contributed by atoms with E-state index in [9.17, 15) is 4.39 Å². The Balaban J connectivity index is 2.45. The van der Waals surface area contributed by atoms with Gasteiger partial charge in [-0.05, 0) is 77.0 Å². The molecule has 0 saturated heterocycles. The lowest BCUT2D eigenvalue weighted by Gasteiger charge is -2.21. The van der Waals surface area contributed by atoms with Gasteiger partial charge in [-0.15, -0.1) is 0 Å². The first-order valence-electron chi connectivity index (χ1n) is 6.36. The molecule has 0 aromatic heterocycles. The Morgan fingerprint density at radius 2 is 2.00 bits per heavy atom. The van der Waals surface area contributed by atoms with Gasteiger partial charge in [0.2, 0.25) is 0 Å². The molecule has 19 heavy (non-hydrogen) atoms. The molecule has 0 bridgehead atoms. The maximum absolute atomic E-state index is 13.2. The van der Waals surface area contributed by atoms with Crippen LogP contribution < -0.4 is 5.32 Å². The summed E-state index contributed by atoms with van der Waals surface area (Å²) in [5.41, 5.74) is 3.32. The first-order chi connectivity index (χ1) is 9.11. The molecule has 0 aliphatic rings. The second kappa shape index (κ2) is 6.48. The van der Waals surface area contributed by atoms with Gasteiger partial charge in [0.15, 0.2) is 0 Å². The molecule has 2 aromatic carbocycles. The zero-order chi connectivity index (χ0) is 13.8. The van der Waals surface area contributed by atoms with Crippen molar-refractivity contribution in [2.45, 2.75) is 19.9 Å². The molecule has 0 radical (unpaired) electrons. The van der Waals surface area contributed by atoms with Crippen LogP contribution in [0.2, 0.25) is 0 Å². The number of benzene rings is 2. The Kier molecular flexibility index (Phi) is 4.93. The van der Waals surface area contributed by atoms with E-state index in [0.717, 1.165) is 17.7 Å². The molecule has 1 atom stereocenters. The van der Waals surface area contributed by atoms with Crippen molar-refractivity contribution in [3.63, 3.8) is 0 Å². The fraction of sp³-hybridized carbons (Fsp3) is 0.250. The van der Waals surface area contributed by atoms with Gasteiger partial charge in [0.1, 0.15) is 5.82 Å². The molecule has 1 unspecified atom stereocenters. The van der Waals surface area contributed by atoms with E-state index in [2.05, 4.69) is 59.1 Å². The van der Waals surface area contributed by atoms with Crippen LogP contribution in [0.5, 0.6) is 0 Å². The lowest BCUT2D eigenvalue weighted by Crippen LogP contribution is -2.22. The number of aryl methyl sites for hydroxylation is 1. The molecule has 0 fully saturated rings. The van der Waals surface area contributed by atoms with E-state index in [4.69, 9.17) is 0 Å². The van der Waals surface area contributed by atoms with Crippen LogP contribution in [0, 0.1) is 16.3 Å². The summed E-state index contributed by atoms with van der Waals surface area (Å²) in [4.78, 5) is 0. The lowest BCUT2D eigenvalue weighted by molar-refractivity contribution is 0.610. The number of nitrogens with one attached hydrogen (secondary N) is 1. The molecule has 3 heteroatoms. The highest BCUT2D eigenvalue weighted by Gasteiger charge is 2.15. The van der Waals surface area contributed by atoms with Crippen molar-refractivity contribution in [2.24, 2.45) is 0 Å². The van der Waals surface area contributed by atoms with Gasteiger partial charge in [0, 0.05) is 3.57 Å². The van der Waals surface area contributed by atoms with Crippen LogP contribution in [-0.4, -0.2) is 6.54 Å². The highest BCUT2D eigenvalue weighted by molar-refractivity contribution is 14.1. The van der Waals surface area contributed by atoms with Gasteiger partial charge in [-0.3, -0.25) is 0 Å². The van der Waals surface area contributed by atoms with Crippen molar-refractivity contribution in [1.29, 1.82) is 0 Å². The van der Waals surface area contributed by atoms with Crippen LogP contribution in [-0.2, 0) is 0 Å². The third-order valence-electron chi connectivity index (χ3n) is 3.13. The van der Waals surface area contributed by atoms with Crippen molar-refractivity contribution in [2.75, 3.05) is 6.54 Å². The van der Waals surface area contributed by atoms with E-state index in [1.807, 2.05) is 13.0 Å². The molecular formula is C16H17FIN. The molecule has 2 rings (SSSR count). The normalized spacial score (nSPS) is 12.4. The summed E-state index contributed by atoms with van der Waals surface area (Å²) in [6.45, 7) is 4.91. The summed E-state index contributed by atoms with van der Waals surface area (Å²) in [5.74, 6) is -0.181. The standard InChI is InChI=1S/C16H17FIN/c1-3-19-16(12-5-4-6-14(18)10-12)15-8-7-13(17)9-11(15)2/h4-10,16,19H,3H2,1-2H3. The number of hydrogen-bond acceptors (Lipinski definition) is 1. The van der Waals surface area contributed by atoms with Crippen LogP contribution in [0.15, 0.2) is 42.5 Å². The fourth-order valence-electron chi connectivity index (χ4n) is 2.26. The topological polar surface area (TPSA) is 12.0 Å². The van der Waals surface area contributed by atoms with Gasteiger partial charge in [0.25, 0.3) is 0 Å². The quantitative estimate of drug-likeness (QED) is 0.786. The van der Waals surface area contributed by atoms with E-state index in [-0.39, 0.29) is 11.9 Å². The van der Waals surface area contributed by atoms with E-state index in [1.165, 1.54) is 15.2 Å². The number of hydrogen-bond donors (Lipinski definition) is 1. The van der Waals surface area contributed by atoms with Crippen LogP contribution in [0.1, 0.15) is 29.7 Å². The van der Waals surface area contributed by atoms with E-state index < -0.39 is 0 Å². The van der Waals surface area contributed by atoms with E-state index >= 15 is 0 Å². The van der Waals surface area contributed by atoms with Crippen molar-refractivity contribution in [3.8, 4) is 0 Å². The minimum absolute atomic E-state index is 0.111. The summed E-state index contributed by atoms with van der Waals surface area (Å²) in [6.07, 6.45) is 0. The maximum Gasteiger partial charge on any atom is 0.123 e. The highest BCUT2D eigenvalue weighted by Crippen LogP contribution is 2.26. The van der Waals surface area contributed by atoms with Crippen LogP contribution >= 0.6 is 22.6 Å². The van der Waals surface area contributed by atoms with Gasteiger partial charge >= 0.3 is 0 Å². The van der Waals surface area contributed by atoms with Gasteiger partial charge in [0.05, 0.1) is 6.04 Å². The summed E-state index contributed by atoms with van der Waals surface area (Å²) in [7, 11) is 0. The average Bonchev–Trinajstić information content (AvgIpc) is 2.37.